The third-order valence-electron chi connectivity index (χ3n) is 2.63. The van der Waals surface area contributed by atoms with Gasteiger partial charge in [0.15, 0.2) is 0 Å². The molecule has 19 heavy (non-hydrogen) atoms. The normalized spacial score (nSPS) is 10.2. The Morgan fingerprint density at radius 1 is 1.16 bits per heavy atom. The fourth-order valence-electron chi connectivity index (χ4n) is 1.66. The van der Waals surface area contributed by atoms with Crippen molar-refractivity contribution in [3.8, 4) is 0 Å². The average molecular weight is 278 g/mol. The molecule has 2 aromatic rings. The minimum atomic E-state index is -0.443. The molecule has 0 aromatic heterocycles. The number of halogens is 2. The largest absolute Gasteiger partial charge is 0.389 e. The number of hydrogen-bond acceptors (Lipinski definition) is 2. The van der Waals surface area contributed by atoms with Gasteiger partial charge in [-0.15, -0.1) is 0 Å². The van der Waals surface area contributed by atoms with Crippen molar-refractivity contribution in [3.63, 3.8) is 0 Å². The Kier molecular flexibility index (Phi) is 4.06. The highest BCUT2D eigenvalue weighted by atomic mass is 32.1. The molecule has 2 aromatic carbocycles. The first-order valence-corrected chi connectivity index (χ1v) is 6.05. The lowest BCUT2D eigenvalue weighted by Gasteiger charge is -2.09. The molecule has 0 bridgehead atoms. The van der Waals surface area contributed by atoms with Gasteiger partial charge in [-0.05, 0) is 35.9 Å². The van der Waals surface area contributed by atoms with E-state index in [1.165, 1.54) is 18.2 Å². The summed E-state index contributed by atoms with van der Waals surface area (Å²) in [5.74, 6) is -0.759. The quantitative estimate of drug-likeness (QED) is 0.843. The molecule has 0 fully saturated rings. The van der Waals surface area contributed by atoms with E-state index in [1.54, 1.807) is 24.3 Å². The van der Waals surface area contributed by atoms with Gasteiger partial charge in [0.25, 0.3) is 0 Å². The molecular weight excluding hydrogens is 266 g/mol. The van der Waals surface area contributed by atoms with E-state index in [0.29, 0.717) is 17.8 Å². The average Bonchev–Trinajstić information content (AvgIpc) is 2.37. The molecule has 0 spiro atoms. The van der Waals surface area contributed by atoms with Crippen LogP contribution in [0.3, 0.4) is 0 Å². The van der Waals surface area contributed by atoms with E-state index in [-0.39, 0.29) is 10.8 Å². The number of thiocarbonyl (C=S) groups is 1. The Balaban J connectivity index is 2.10. The van der Waals surface area contributed by atoms with Crippen molar-refractivity contribution < 1.29 is 8.78 Å². The van der Waals surface area contributed by atoms with E-state index in [9.17, 15) is 8.78 Å². The SMILES string of the molecule is NC(=S)c1ccc(NCc2cccc(F)c2)c(F)c1. The summed E-state index contributed by atoms with van der Waals surface area (Å²) < 4.78 is 26.7. The van der Waals surface area contributed by atoms with Crippen LogP contribution in [-0.2, 0) is 6.54 Å². The van der Waals surface area contributed by atoms with Gasteiger partial charge in [0.1, 0.15) is 16.6 Å². The second-order valence-corrected chi connectivity index (χ2v) is 4.48. The molecule has 0 saturated heterocycles. The monoisotopic (exact) mass is 278 g/mol. The molecule has 2 nitrogen and oxygen atoms in total. The molecule has 98 valence electrons. The summed E-state index contributed by atoms with van der Waals surface area (Å²) in [6, 6.07) is 10.6. The van der Waals surface area contributed by atoms with Crippen LogP contribution in [-0.4, -0.2) is 4.99 Å². The predicted molar refractivity (Wildman–Crippen MR) is 76.0 cm³/mol. The number of rotatable bonds is 4. The highest BCUT2D eigenvalue weighted by Crippen LogP contribution is 2.17. The Morgan fingerprint density at radius 3 is 2.58 bits per heavy atom. The zero-order chi connectivity index (χ0) is 13.8. The first kappa shape index (κ1) is 13.4. The fourth-order valence-corrected chi connectivity index (χ4v) is 1.78. The van der Waals surface area contributed by atoms with Crippen LogP contribution >= 0.6 is 12.2 Å². The topological polar surface area (TPSA) is 38.0 Å². The molecule has 0 amide bonds. The van der Waals surface area contributed by atoms with Gasteiger partial charge in [-0.25, -0.2) is 8.78 Å². The smallest absolute Gasteiger partial charge is 0.146 e. The van der Waals surface area contributed by atoms with E-state index in [2.05, 4.69) is 5.32 Å². The third kappa shape index (κ3) is 3.48. The van der Waals surface area contributed by atoms with Crippen LogP contribution in [0.25, 0.3) is 0 Å². The first-order chi connectivity index (χ1) is 9.06. The van der Waals surface area contributed by atoms with Gasteiger partial charge in [0.2, 0.25) is 0 Å². The van der Waals surface area contributed by atoms with E-state index in [1.807, 2.05) is 0 Å². The maximum atomic E-state index is 13.7. The van der Waals surface area contributed by atoms with Gasteiger partial charge in [-0.1, -0.05) is 24.4 Å². The van der Waals surface area contributed by atoms with Gasteiger partial charge < -0.3 is 11.1 Å². The highest BCUT2D eigenvalue weighted by Gasteiger charge is 2.05. The van der Waals surface area contributed by atoms with Crippen molar-refractivity contribution in [1.82, 2.24) is 0 Å². The minimum absolute atomic E-state index is 0.149. The lowest BCUT2D eigenvalue weighted by molar-refractivity contribution is 0.625. The van der Waals surface area contributed by atoms with Crippen molar-refractivity contribution >= 4 is 22.9 Å². The summed E-state index contributed by atoms with van der Waals surface area (Å²) in [5.41, 5.74) is 6.95. The molecule has 3 N–H and O–H groups in total. The maximum Gasteiger partial charge on any atom is 0.146 e. The van der Waals surface area contributed by atoms with Crippen LogP contribution in [0.1, 0.15) is 11.1 Å². The summed E-state index contributed by atoms with van der Waals surface area (Å²) in [6.45, 7) is 0.334. The van der Waals surface area contributed by atoms with Crippen LogP contribution in [0.5, 0.6) is 0 Å². The molecule has 0 saturated carbocycles. The zero-order valence-electron chi connectivity index (χ0n) is 9.99. The summed E-state index contributed by atoms with van der Waals surface area (Å²) in [5, 5.41) is 2.90. The Labute approximate surface area is 115 Å². The van der Waals surface area contributed by atoms with E-state index < -0.39 is 5.82 Å². The Morgan fingerprint density at radius 2 is 1.95 bits per heavy atom. The summed E-state index contributed by atoms with van der Waals surface area (Å²) in [7, 11) is 0. The number of nitrogens with one attached hydrogen (secondary N) is 1. The molecule has 0 aliphatic carbocycles. The molecule has 0 aliphatic rings. The summed E-state index contributed by atoms with van der Waals surface area (Å²) >= 11 is 4.77. The second-order valence-electron chi connectivity index (χ2n) is 4.04. The highest BCUT2D eigenvalue weighted by molar-refractivity contribution is 7.80. The number of hydrogen-bond donors (Lipinski definition) is 2. The van der Waals surface area contributed by atoms with Crippen molar-refractivity contribution in [2.45, 2.75) is 6.54 Å². The van der Waals surface area contributed by atoms with E-state index >= 15 is 0 Å². The Bertz CT molecular complexity index is 614. The molecule has 0 aliphatic heterocycles. The molecule has 0 atom stereocenters. The summed E-state index contributed by atoms with van der Waals surface area (Å²) in [6.07, 6.45) is 0. The lowest BCUT2D eigenvalue weighted by atomic mass is 10.1. The van der Waals surface area contributed by atoms with Crippen molar-refractivity contribution in [3.05, 3.63) is 65.2 Å². The van der Waals surface area contributed by atoms with Crippen LogP contribution in [0.4, 0.5) is 14.5 Å². The van der Waals surface area contributed by atoms with Gasteiger partial charge in [-0.3, -0.25) is 0 Å². The lowest BCUT2D eigenvalue weighted by Crippen LogP contribution is -2.10. The molecule has 0 heterocycles. The van der Waals surface area contributed by atoms with Crippen molar-refractivity contribution in [1.29, 1.82) is 0 Å². The van der Waals surface area contributed by atoms with Crippen molar-refractivity contribution in [2.24, 2.45) is 5.73 Å². The third-order valence-corrected chi connectivity index (χ3v) is 2.86. The standard InChI is InChI=1S/C14H12F2N2S/c15-11-3-1-2-9(6-11)8-18-13-5-4-10(14(17)19)7-12(13)16/h1-7,18H,8H2,(H2,17,19). The number of benzene rings is 2. The molecule has 5 heteroatoms. The maximum absolute atomic E-state index is 13.7. The van der Waals surface area contributed by atoms with E-state index in [4.69, 9.17) is 18.0 Å². The zero-order valence-corrected chi connectivity index (χ0v) is 10.8. The van der Waals surface area contributed by atoms with Crippen molar-refractivity contribution in [2.75, 3.05) is 5.32 Å². The van der Waals surface area contributed by atoms with Gasteiger partial charge in [0.05, 0.1) is 5.69 Å². The fraction of sp³-hybridized carbons (Fsp3) is 0.0714. The molecular formula is C14H12F2N2S. The minimum Gasteiger partial charge on any atom is -0.389 e. The first-order valence-electron chi connectivity index (χ1n) is 5.64. The van der Waals surface area contributed by atoms with Crippen LogP contribution in [0.15, 0.2) is 42.5 Å². The molecule has 0 unspecified atom stereocenters. The van der Waals surface area contributed by atoms with E-state index in [0.717, 1.165) is 5.56 Å². The van der Waals surface area contributed by atoms with Crippen LogP contribution in [0, 0.1) is 11.6 Å². The van der Waals surface area contributed by atoms with Crippen LogP contribution in [0.2, 0.25) is 0 Å². The number of anilines is 1. The number of nitrogens with two attached hydrogens (primary N) is 1. The van der Waals surface area contributed by atoms with Gasteiger partial charge in [-0.2, -0.15) is 0 Å². The molecule has 0 radical (unpaired) electrons. The molecule has 2 rings (SSSR count). The van der Waals surface area contributed by atoms with Crippen LogP contribution < -0.4 is 11.1 Å². The predicted octanol–water partition coefficient (Wildman–Crippen LogP) is 3.21. The summed E-state index contributed by atoms with van der Waals surface area (Å²) in [4.78, 5) is 0.149. The van der Waals surface area contributed by atoms with Gasteiger partial charge >= 0.3 is 0 Å². The Hall–Kier alpha value is -2.01. The van der Waals surface area contributed by atoms with Gasteiger partial charge in [0, 0.05) is 12.1 Å². The second kappa shape index (κ2) is 5.75.